The standard InChI is InChI=1S/C16H26N4O4S/c1-18-13(5-6-17-18)3-4-16(21)20-8-7-19(9-10-24-2)14-11-25(22,23)12-15(14)20/h5-6,14-15H,3-4,7-12H2,1-2H3/t14-,15+/m1/s1. The van der Waals surface area contributed by atoms with E-state index in [0.29, 0.717) is 39.1 Å². The number of hydrogen-bond donors (Lipinski definition) is 0. The Bertz CT molecular complexity index is 717. The SMILES string of the molecule is COCCN1CCN(C(=O)CCc2ccnn2C)[C@H]2CS(=O)(=O)C[C@H]21. The van der Waals surface area contributed by atoms with Gasteiger partial charge >= 0.3 is 0 Å². The number of sulfone groups is 1. The zero-order valence-corrected chi connectivity index (χ0v) is 15.6. The molecule has 9 heteroatoms. The number of hydrogen-bond acceptors (Lipinski definition) is 6. The van der Waals surface area contributed by atoms with E-state index in [0.717, 1.165) is 5.69 Å². The fraction of sp³-hybridized carbons (Fsp3) is 0.750. The van der Waals surface area contributed by atoms with Crippen LogP contribution in [-0.2, 0) is 32.8 Å². The number of aromatic nitrogens is 2. The molecule has 0 radical (unpaired) electrons. The van der Waals surface area contributed by atoms with Gasteiger partial charge in [-0.25, -0.2) is 8.42 Å². The second-order valence-corrected chi connectivity index (χ2v) is 8.93. The van der Waals surface area contributed by atoms with Gasteiger partial charge in [0.15, 0.2) is 9.84 Å². The predicted octanol–water partition coefficient (Wildman–Crippen LogP) is -0.691. The van der Waals surface area contributed by atoms with E-state index >= 15 is 0 Å². The summed E-state index contributed by atoms with van der Waals surface area (Å²) in [5.41, 5.74) is 1.00. The lowest BCUT2D eigenvalue weighted by Gasteiger charge is -2.44. The first-order chi connectivity index (χ1) is 11.9. The number of fused-ring (bicyclic) bond motifs is 1. The van der Waals surface area contributed by atoms with Crippen LogP contribution in [0.4, 0.5) is 0 Å². The second kappa shape index (κ2) is 7.43. The van der Waals surface area contributed by atoms with E-state index in [-0.39, 0.29) is 29.5 Å². The van der Waals surface area contributed by atoms with Gasteiger partial charge in [0.1, 0.15) is 0 Å². The quantitative estimate of drug-likeness (QED) is 0.659. The lowest BCUT2D eigenvalue weighted by molar-refractivity contribution is -0.137. The maximum Gasteiger partial charge on any atom is 0.223 e. The summed E-state index contributed by atoms with van der Waals surface area (Å²) < 4.78 is 31.2. The van der Waals surface area contributed by atoms with Crippen molar-refractivity contribution in [3.05, 3.63) is 18.0 Å². The Kier molecular flexibility index (Phi) is 5.45. The van der Waals surface area contributed by atoms with Crippen molar-refractivity contribution in [2.24, 2.45) is 7.05 Å². The molecule has 0 aliphatic carbocycles. The molecule has 2 aliphatic heterocycles. The topological polar surface area (TPSA) is 84.7 Å². The summed E-state index contributed by atoms with van der Waals surface area (Å²) in [5.74, 6) is 0.227. The lowest BCUT2D eigenvalue weighted by Crippen LogP contribution is -2.61. The van der Waals surface area contributed by atoms with E-state index in [1.165, 1.54) is 0 Å². The van der Waals surface area contributed by atoms with Gasteiger partial charge in [0.25, 0.3) is 0 Å². The summed E-state index contributed by atoms with van der Waals surface area (Å²) in [6, 6.07) is 1.54. The Labute approximate surface area is 148 Å². The largest absolute Gasteiger partial charge is 0.383 e. The van der Waals surface area contributed by atoms with Crippen LogP contribution in [0.2, 0.25) is 0 Å². The van der Waals surface area contributed by atoms with Gasteiger partial charge in [0, 0.05) is 58.1 Å². The van der Waals surface area contributed by atoms with Crippen LogP contribution in [-0.4, -0.2) is 90.8 Å². The minimum atomic E-state index is -3.11. The zero-order chi connectivity index (χ0) is 18.0. The van der Waals surface area contributed by atoms with E-state index in [1.807, 2.05) is 13.1 Å². The van der Waals surface area contributed by atoms with Crippen molar-refractivity contribution in [2.75, 3.05) is 44.9 Å². The number of methoxy groups -OCH3 is 1. The molecule has 2 atom stereocenters. The van der Waals surface area contributed by atoms with Crippen LogP contribution >= 0.6 is 0 Å². The van der Waals surface area contributed by atoms with Gasteiger partial charge in [-0.3, -0.25) is 14.4 Å². The van der Waals surface area contributed by atoms with E-state index in [2.05, 4.69) is 10.00 Å². The molecule has 0 saturated carbocycles. The molecule has 0 N–H and O–H groups in total. The van der Waals surface area contributed by atoms with E-state index in [9.17, 15) is 13.2 Å². The minimum absolute atomic E-state index is 0.0275. The van der Waals surface area contributed by atoms with Crippen LogP contribution in [0.15, 0.2) is 12.3 Å². The third-order valence-corrected chi connectivity index (χ3v) is 6.91. The average molecular weight is 370 g/mol. The van der Waals surface area contributed by atoms with Gasteiger partial charge in [-0.2, -0.15) is 5.10 Å². The van der Waals surface area contributed by atoms with Crippen molar-refractivity contribution >= 4 is 15.7 Å². The van der Waals surface area contributed by atoms with Crippen LogP contribution in [0.1, 0.15) is 12.1 Å². The number of ether oxygens (including phenoxy) is 1. The van der Waals surface area contributed by atoms with Crippen molar-refractivity contribution in [2.45, 2.75) is 24.9 Å². The number of aryl methyl sites for hydroxylation is 2. The number of piperazine rings is 1. The van der Waals surface area contributed by atoms with Gasteiger partial charge in [-0.1, -0.05) is 0 Å². The molecule has 1 aromatic rings. The smallest absolute Gasteiger partial charge is 0.223 e. The van der Waals surface area contributed by atoms with Crippen molar-refractivity contribution in [1.82, 2.24) is 19.6 Å². The highest BCUT2D eigenvalue weighted by Gasteiger charge is 2.47. The molecule has 2 aliphatic rings. The summed E-state index contributed by atoms with van der Waals surface area (Å²) in [5, 5.41) is 4.11. The first-order valence-electron chi connectivity index (χ1n) is 8.61. The average Bonchev–Trinajstić information content (AvgIpc) is 3.11. The summed E-state index contributed by atoms with van der Waals surface area (Å²) >= 11 is 0. The summed E-state index contributed by atoms with van der Waals surface area (Å²) in [4.78, 5) is 16.7. The Morgan fingerprint density at radius 3 is 2.76 bits per heavy atom. The number of nitrogens with zero attached hydrogens (tertiary/aromatic N) is 4. The summed E-state index contributed by atoms with van der Waals surface area (Å²) in [7, 11) is 0.387. The Morgan fingerprint density at radius 1 is 1.32 bits per heavy atom. The molecular formula is C16H26N4O4S. The molecule has 3 rings (SSSR count). The third-order valence-electron chi connectivity index (χ3n) is 5.21. The highest BCUT2D eigenvalue weighted by Crippen LogP contribution is 2.27. The van der Waals surface area contributed by atoms with Crippen LogP contribution < -0.4 is 0 Å². The fourth-order valence-electron chi connectivity index (χ4n) is 3.85. The maximum atomic E-state index is 12.7. The molecule has 0 bridgehead atoms. The van der Waals surface area contributed by atoms with Crippen LogP contribution in [0.5, 0.6) is 0 Å². The van der Waals surface area contributed by atoms with Gasteiger partial charge in [-0.05, 0) is 12.5 Å². The maximum absolute atomic E-state index is 12.7. The molecule has 3 heterocycles. The van der Waals surface area contributed by atoms with E-state index < -0.39 is 9.84 Å². The fourth-order valence-corrected chi connectivity index (χ4v) is 5.86. The van der Waals surface area contributed by atoms with Gasteiger partial charge < -0.3 is 9.64 Å². The molecule has 2 fully saturated rings. The number of amides is 1. The van der Waals surface area contributed by atoms with Crippen LogP contribution in [0, 0.1) is 0 Å². The highest BCUT2D eigenvalue weighted by atomic mass is 32.2. The molecule has 1 aromatic heterocycles. The van der Waals surface area contributed by atoms with Gasteiger partial charge in [0.05, 0.1) is 24.2 Å². The second-order valence-electron chi connectivity index (χ2n) is 6.77. The molecule has 2 saturated heterocycles. The van der Waals surface area contributed by atoms with E-state index in [1.54, 1.807) is 22.9 Å². The lowest BCUT2D eigenvalue weighted by atomic mass is 10.0. The van der Waals surface area contributed by atoms with Crippen molar-refractivity contribution in [1.29, 1.82) is 0 Å². The van der Waals surface area contributed by atoms with Gasteiger partial charge in [-0.15, -0.1) is 0 Å². The van der Waals surface area contributed by atoms with Crippen molar-refractivity contribution in [3.63, 3.8) is 0 Å². The molecule has 0 unspecified atom stereocenters. The molecule has 1 amide bonds. The normalized spacial score (nSPS) is 25.9. The van der Waals surface area contributed by atoms with Crippen molar-refractivity contribution < 1.29 is 17.9 Å². The highest BCUT2D eigenvalue weighted by molar-refractivity contribution is 7.91. The Morgan fingerprint density at radius 2 is 2.08 bits per heavy atom. The number of carbonyl (C=O) groups is 1. The molecule has 25 heavy (non-hydrogen) atoms. The van der Waals surface area contributed by atoms with E-state index in [4.69, 9.17) is 4.74 Å². The molecule has 0 aromatic carbocycles. The first kappa shape index (κ1) is 18.3. The number of rotatable bonds is 6. The molecule has 8 nitrogen and oxygen atoms in total. The molecular weight excluding hydrogens is 344 g/mol. The zero-order valence-electron chi connectivity index (χ0n) is 14.8. The number of carbonyl (C=O) groups excluding carboxylic acids is 1. The molecule has 0 spiro atoms. The Balaban J connectivity index is 1.67. The monoisotopic (exact) mass is 370 g/mol. The first-order valence-corrected chi connectivity index (χ1v) is 10.4. The Hall–Kier alpha value is -1.45. The third kappa shape index (κ3) is 4.04. The molecule has 140 valence electrons. The van der Waals surface area contributed by atoms with Crippen molar-refractivity contribution in [3.8, 4) is 0 Å². The predicted molar refractivity (Wildman–Crippen MR) is 92.9 cm³/mol. The van der Waals surface area contributed by atoms with Gasteiger partial charge in [0.2, 0.25) is 5.91 Å². The minimum Gasteiger partial charge on any atom is -0.383 e. The van der Waals surface area contributed by atoms with Crippen LogP contribution in [0.25, 0.3) is 0 Å². The van der Waals surface area contributed by atoms with Crippen LogP contribution in [0.3, 0.4) is 0 Å². The summed E-state index contributed by atoms with van der Waals surface area (Å²) in [6.45, 7) is 2.53. The summed E-state index contributed by atoms with van der Waals surface area (Å²) in [6.07, 6.45) is 2.71.